The Morgan fingerprint density at radius 1 is 0.283 bits per heavy atom. The summed E-state index contributed by atoms with van der Waals surface area (Å²) in [7, 11) is 0. The molecule has 60 heavy (non-hydrogen) atoms. The minimum atomic E-state index is 1.08. The van der Waals surface area contributed by atoms with Gasteiger partial charge in [-0.2, -0.15) is 0 Å². The van der Waals surface area contributed by atoms with Gasteiger partial charge in [-0.05, 0) is 103 Å². The summed E-state index contributed by atoms with van der Waals surface area (Å²) in [6, 6.07) is 86.2. The van der Waals surface area contributed by atoms with Gasteiger partial charge in [0.05, 0.1) is 5.69 Å². The van der Waals surface area contributed by atoms with Gasteiger partial charge < -0.3 is 4.90 Å². The van der Waals surface area contributed by atoms with Gasteiger partial charge in [0.25, 0.3) is 0 Å². The van der Waals surface area contributed by atoms with Crippen LogP contribution >= 0.6 is 11.3 Å². The molecule has 0 atom stereocenters. The summed E-state index contributed by atoms with van der Waals surface area (Å²) >= 11 is 1.86. The van der Waals surface area contributed by atoms with E-state index in [2.05, 4.69) is 241 Å². The number of hydrogen-bond donors (Lipinski definition) is 0. The molecule has 0 bridgehead atoms. The third-order valence-electron chi connectivity index (χ3n) is 11.7. The molecule has 11 rings (SSSR count). The Labute approximate surface area is 354 Å². The lowest BCUT2D eigenvalue weighted by atomic mass is 9.87. The minimum Gasteiger partial charge on any atom is -0.310 e. The molecule has 0 aliphatic rings. The van der Waals surface area contributed by atoms with Crippen molar-refractivity contribution in [2.75, 3.05) is 4.90 Å². The van der Waals surface area contributed by atoms with Crippen LogP contribution in [0.15, 0.2) is 237 Å². The fourth-order valence-electron chi connectivity index (χ4n) is 8.94. The maximum Gasteiger partial charge on any atom is 0.0546 e. The number of hydrogen-bond acceptors (Lipinski definition) is 2. The molecular formula is C58H39NS. The van der Waals surface area contributed by atoms with E-state index < -0.39 is 0 Å². The zero-order valence-electron chi connectivity index (χ0n) is 32.9. The molecule has 11 aromatic rings. The van der Waals surface area contributed by atoms with E-state index in [4.69, 9.17) is 0 Å². The average molecular weight is 782 g/mol. The molecule has 282 valence electrons. The first kappa shape index (κ1) is 35.6. The van der Waals surface area contributed by atoms with Gasteiger partial charge in [-0.15, -0.1) is 11.3 Å². The third-order valence-corrected chi connectivity index (χ3v) is 12.9. The van der Waals surface area contributed by atoms with E-state index in [1.165, 1.54) is 86.6 Å². The molecule has 0 saturated heterocycles. The van der Waals surface area contributed by atoms with Crippen LogP contribution in [0.4, 0.5) is 17.1 Å². The zero-order valence-corrected chi connectivity index (χ0v) is 33.7. The molecular weight excluding hydrogens is 743 g/mol. The molecule has 0 radical (unpaired) electrons. The number of rotatable bonds is 8. The van der Waals surface area contributed by atoms with Crippen molar-refractivity contribution in [3.8, 4) is 55.6 Å². The van der Waals surface area contributed by atoms with Crippen LogP contribution in [0.3, 0.4) is 0 Å². The Balaban J connectivity index is 1.13. The summed E-state index contributed by atoms with van der Waals surface area (Å²) in [6.45, 7) is 0. The SMILES string of the molecule is c1ccc(-c2ccccc2-c2c(-c3ccccc3)cccc2N(c2ccc(-c3cccc4ccccc34)cc2)c2ccc(-c3cccc4sc5ccccc5c34)cc2)cc1. The second-order valence-corrected chi connectivity index (χ2v) is 16.3. The van der Waals surface area contributed by atoms with Crippen LogP contribution in [0.1, 0.15) is 0 Å². The van der Waals surface area contributed by atoms with E-state index in [-0.39, 0.29) is 0 Å². The maximum absolute atomic E-state index is 2.45. The Morgan fingerprint density at radius 3 is 1.48 bits per heavy atom. The van der Waals surface area contributed by atoms with Crippen molar-refractivity contribution in [2.24, 2.45) is 0 Å². The Bertz CT molecular complexity index is 3290. The average Bonchev–Trinajstić information content (AvgIpc) is 3.72. The Kier molecular flexibility index (Phi) is 9.11. The van der Waals surface area contributed by atoms with Crippen LogP contribution in [-0.2, 0) is 0 Å². The summed E-state index contributed by atoms with van der Waals surface area (Å²) in [5, 5.41) is 5.13. The molecule has 1 heterocycles. The molecule has 0 spiro atoms. The van der Waals surface area contributed by atoms with Gasteiger partial charge in [0.2, 0.25) is 0 Å². The van der Waals surface area contributed by atoms with Crippen molar-refractivity contribution in [1.29, 1.82) is 0 Å². The number of anilines is 3. The van der Waals surface area contributed by atoms with Gasteiger partial charge in [0, 0.05) is 37.1 Å². The predicted molar refractivity (Wildman–Crippen MR) is 259 cm³/mol. The van der Waals surface area contributed by atoms with E-state index in [9.17, 15) is 0 Å². The summed E-state index contributed by atoms with van der Waals surface area (Å²) in [5.41, 5.74) is 15.3. The van der Waals surface area contributed by atoms with Gasteiger partial charge in [-0.25, -0.2) is 0 Å². The highest BCUT2D eigenvalue weighted by Gasteiger charge is 2.23. The largest absolute Gasteiger partial charge is 0.310 e. The molecule has 0 N–H and O–H groups in total. The third kappa shape index (κ3) is 6.35. The highest BCUT2D eigenvalue weighted by atomic mass is 32.1. The van der Waals surface area contributed by atoms with E-state index >= 15 is 0 Å². The van der Waals surface area contributed by atoms with Crippen LogP contribution in [0, 0.1) is 0 Å². The molecule has 0 fully saturated rings. The second-order valence-electron chi connectivity index (χ2n) is 15.2. The van der Waals surface area contributed by atoms with Crippen molar-refractivity contribution >= 4 is 59.3 Å². The van der Waals surface area contributed by atoms with Gasteiger partial charge >= 0.3 is 0 Å². The van der Waals surface area contributed by atoms with Gasteiger partial charge in [-0.1, -0.05) is 194 Å². The van der Waals surface area contributed by atoms with Gasteiger partial charge in [0.15, 0.2) is 0 Å². The Hall–Kier alpha value is -7.52. The maximum atomic E-state index is 2.45. The highest BCUT2D eigenvalue weighted by Crippen LogP contribution is 2.49. The monoisotopic (exact) mass is 781 g/mol. The van der Waals surface area contributed by atoms with Crippen molar-refractivity contribution in [1.82, 2.24) is 0 Å². The fraction of sp³-hybridized carbons (Fsp3) is 0. The van der Waals surface area contributed by atoms with Gasteiger partial charge in [0.1, 0.15) is 0 Å². The van der Waals surface area contributed by atoms with Crippen LogP contribution < -0.4 is 4.90 Å². The lowest BCUT2D eigenvalue weighted by Crippen LogP contribution is -2.12. The molecule has 0 unspecified atom stereocenters. The summed E-state index contributed by atoms with van der Waals surface area (Å²) in [6.07, 6.45) is 0. The molecule has 10 aromatic carbocycles. The fourth-order valence-corrected chi connectivity index (χ4v) is 10.1. The van der Waals surface area contributed by atoms with E-state index in [0.717, 1.165) is 17.1 Å². The second kappa shape index (κ2) is 15.3. The standard InChI is InChI=1S/C58H39NS/c1-3-16-40(17-4-1)49-23-9-10-24-52(49)57-50(42-18-5-2-6-19-42)27-14-29-54(57)59(45-36-32-43(33-37-45)48-26-13-21-41-20-7-8-22-47(41)48)46-38-34-44(35-39-46)51-28-15-31-56-58(51)53-25-11-12-30-55(53)60-56/h1-39H. The number of benzene rings is 10. The quantitative estimate of drug-likeness (QED) is 0.148. The molecule has 0 aliphatic heterocycles. The van der Waals surface area contributed by atoms with Crippen LogP contribution in [0.5, 0.6) is 0 Å². The van der Waals surface area contributed by atoms with Crippen molar-refractivity contribution < 1.29 is 0 Å². The molecule has 1 nitrogen and oxygen atoms in total. The number of thiophene rings is 1. The lowest BCUT2D eigenvalue weighted by molar-refractivity contribution is 1.28. The van der Waals surface area contributed by atoms with Crippen molar-refractivity contribution in [3.63, 3.8) is 0 Å². The zero-order chi connectivity index (χ0) is 39.8. The lowest BCUT2D eigenvalue weighted by Gasteiger charge is -2.30. The number of fused-ring (bicyclic) bond motifs is 4. The van der Waals surface area contributed by atoms with Crippen LogP contribution in [0.2, 0.25) is 0 Å². The van der Waals surface area contributed by atoms with E-state index in [1.807, 2.05) is 11.3 Å². The topological polar surface area (TPSA) is 3.24 Å². The van der Waals surface area contributed by atoms with E-state index in [1.54, 1.807) is 0 Å². The van der Waals surface area contributed by atoms with Crippen LogP contribution in [0.25, 0.3) is 86.6 Å². The first-order valence-electron chi connectivity index (χ1n) is 20.5. The smallest absolute Gasteiger partial charge is 0.0546 e. The molecule has 0 saturated carbocycles. The summed E-state index contributed by atoms with van der Waals surface area (Å²) < 4.78 is 2.63. The molecule has 0 aliphatic carbocycles. The first-order chi connectivity index (χ1) is 29.8. The van der Waals surface area contributed by atoms with Crippen LogP contribution in [-0.4, -0.2) is 0 Å². The summed E-state index contributed by atoms with van der Waals surface area (Å²) in [5.74, 6) is 0. The van der Waals surface area contributed by atoms with E-state index in [0.29, 0.717) is 0 Å². The molecule has 0 amide bonds. The molecule has 1 aromatic heterocycles. The van der Waals surface area contributed by atoms with Gasteiger partial charge in [-0.3, -0.25) is 0 Å². The normalized spacial score (nSPS) is 11.3. The van der Waals surface area contributed by atoms with Crippen molar-refractivity contribution in [3.05, 3.63) is 237 Å². The predicted octanol–water partition coefficient (Wildman–Crippen LogP) is 17.0. The highest BCUT2D eigenvalue weighted by molar-refractivity contribution is 7.25. The number of nitrogens with zero attached hydrogens (tertiary/aromatic N) is 1. The Morgan fingerprint density at radius 2 is 0.750 bits per heavy atom. The first-order valence-corrected chi connectivity index (χ1v) is 21.3. The van der Waals surface area contributed by atoms with Crippen molar-refractivity contribution in [2.45, 2.75) is 0 Å². The minimum absolute atomic E-state index is 1.08. The molecule has 2 heteroatoms. The summed E-state index contributed by atoms with van der Waals surface area (Å²) in [4.78, 5) is 2.45.